The first-order valence-electron chi connectivity index (χ1n) is 13.6. The second kappa shape index (κ2) is 12.4. The molecule has 0 saturated carbocycles. The highest BCUT2D eigenvalue weighted by Gasteiger charge is 2.53. The fourth-order valence-electron chi connectivity index (χ4n) is 5.70. The Balaban J connectivity index is 1.06. The van der Waals surface area contributed by atoms with Gasteiger partial charge in [-0.15, -0.1) is 0 Å². The van der Waals surface area contributed by atoms with E-state index in [1.54, 1.807) is 17.2 Å². The van der Waals surface area contributed by atoms with Crippen molar-refractivity contribution in [2.45, 2.75) is 44.8 Å². The third-order valence-corrected chi connectivity index (χ3v) is 7.89. The number of nitriles is 1. The Morgan fingerprint density at radius 3 is 2.66 bits per heavy atom. The zero-order valence-electron chi connectivity index (χ0n) is 22.5. The molecule has 4 heterocycles. The zero-order valence-corrected chi connectivity index (χ0v) is 22.5. The SMILES string of the molecule is N#Cc1ccc(N2CCN(C(=O)CCCOCc3cccc4c3CN(C3CNNC(=O)C3C(F)(F)F)C4)CC2)nc1. The molecule has 41 heavy (non-hydrogen) atoms. The highest BCUT2D eigenvalue weighted by Crippen LogP contribution is 2.36. The fraction of sp³-hybridized carbons (Fsp3) is 0.500. The molecule has 2 unspecified atom stereocenters. The number of hydrazine groups is 1. The van der Waals surface area contributed by atoms with E-state index in [2.05, 4.69) is 26.8 Å². The topological polar surface area (TPSA) is 114 Å². The van der Waals surface area contributed by atoms with E-state index < -0.39 is 24.0 Å². The summed E-state index contributed by atoms with van der Waals surface area (Å²) in [6.45, 7) is 3.87. The van der Waals surface area contributed by atoms with Gasteiger partial charge in [-0.1, -0.05) is 18.2 Å². The van der Waals surface area contributed by atoms with Crippen LogP contribution in [-0.2, 0) is 34.0 Å². The molecule has 1 aromatic heterocycles. The van der Waals surface area contributed by atoms with E-state index in [4.69, 9.17) is 10.00 Å². The van der Waals surface area contributed by atoms with E-state index in [1.807, 2.05) is 29.2 Å². The normalized spacial score (nSPS) is 21.4. The van der Waals surface area contributed by atoms with Crippen molar-refractivity contribution < 1.29 is 27.5 Å². The summed E-state index contributed by atoms with van der Waals surface area (Å²) in [7, 11) is 0. The standard InChI is InChI=1S/C28H32F3N7O3/c29-28(30,31)26-23(15-34-35-27(26)40)38-16-20-3-1-4-21(22(20)17-38)18-41-12-2-5-25(39)37-10-8-36(9-11-37)24-7-6-19(13-32)14-33-24/h1,3-4,6-7,14,23,26,34H,2,5,8-12,15-18H2,(H,35,40). The Morgan fingerprint density at radius 1 is 1.15 bits per heavy atom. The molecule has 2 atom stereocenters. The molecule has 2 N–H and O–H groups in total. The molecule has 5 rings (SSSR count). The van der Waals surface area contributed by atoms with Gasteiger partial charge in [0.1, 0.15) is 11.9 Å². The molecule has 13 heteroatoms. The molecule has 10 nitrogen and oxygen atoms in total. The fourth-order valence-corrected chi connectivity index (χ4v) is 5.70. The van der Waals surface area contributed by atoms with Crippen molar-refractivity contribution in [2.24, 2.45) is 5.92 Å². The minimum absolute atomic E-state index is 0.00510. The monoisotopic (exact) mass is 571 g/mol. The summed E-state index contributed by atoms with van der Waals surface area (Å²) < 4.78 is 46.8. The van der Waals surface area contributed by atoms with Crippen molar-refractivity contribution in [2.75, 3.05) is 44.2 Å². The number of halogens is 3. The Bertz CT molecular complexity index is 1290. The number of anilines is 1. The predicted molar refractivity (Wildman–Crippen MR) is 142 cm³/mol. The molecule has 2 amide bonds. The van der Waals surface area contributed by atoms with Crippen molar-refractivity contribution in [3.63, 3.8) is 0 Å². The van der Waals surface area contributed by atoms with Gasteiger partial charge in [-0.3, -0.25) is 19.9 Å². The van der Waals surface area contributed by atoms with Gasteiger partial charge in [0.25, 0.3) is 0 Å². The molecule has 2 fully saturated rings. The lowest BCUT2D eigenvalue weighted by Gasteiger charge is -2.38. The Morgan fingerprint density at radius 2 is 1.95 bits per heavy atom. The lowest BCUT2D eigenvalue weighted by atomic mass is 9.95. The largest absolute Gasteiger partial charge is 0.402 e. The van der Waals surface area contributed by atoms with Gasteiger partial charge in [0.2, 0.25) is 11.8 Å². The third-order valence-electron chi connectivity index (χ3n) is 7.89. The molecular formula is C28H32F3N7O3. The van der Waals surface area contributed by atoms with Crippen LogP contribution >= 0.6 is 0 Å². The van der Waals surface area contributed by atoms with Crippen molar-refractivity contribution in [1.82, 2.24) is 25.6 Å². The summed E-state index contributed by atoms with van der Waals surface area (Å²) in [5, 5.41) is 8.92. The zero-order chi connectivity index (χ0) is 29.0. The van der Waals surface area contributed by atoms with E-state index >= 15 is 0 Å². The highest BCUT2D eigenvalue weighted by molar-refractivity contribution is 5.80. The molecule has 1 aromatic carbocycles. The number of aromatic nitrogens is 1. The number of piperazine rings is 1. The second-order valence-electron chi connectivity index (χ2n) is 10.5. The highest BCUT2D eigenvalue weighted by atomic mass is 19.4. The molecule has 3 aliphatic heterocycles. The number of alkyl halides is 3. The van der Waals surface area contributed by atoms with Crippen LogP contribution in [0.5, 0.6) is 0 Å². The number of fused-ring (bicyclic) bond motifs is 1. The van der Waals surface area contributed by atoms with E-state index in [1.165, 1.54) is 0 Å². The Labute approximate surface area is 236 Å². The number of ether oxygens (including phenoxy) is 1. The maximum atomic E-state index is 13.7. The summed E-state index contributed by atoms with van der Waals surface area (Å²) in [4.78, 5) is 34.7. The van der Waals surface area contributed by atoms with E-state index in [0.29, 0.717) is 70.9 Å². The van der Waals surface area contributed by atoms with E-state index in [9.17, 15) is 22.8 Å². The van der Waals surface area contributed by atoms with Crippen LogP contribution in [0.25, 0.3) is 0 Å². The summed E-state index contributed by atoms with van der Waals surface area (Å²) in [5.74, 6) is -2.29. The number of carbonyl (C=O) groups excluding carboxylic acids is 2. The minimum atomic E-state index is -4.63. The predicted octanol–water partition coefficient (Wildman–Crippen LogP) is 2.10. The number of rotatable bonds is 8. The van der Waals surface area contributed by atoms with Crippen LogP contribution in [0.1, 0.15) is 35.1 Å². The third kappa shape index (κ3) is 6.61. The summed E-state index contributed by atoms with van der Waals surface area (Å²) in [6.07, 6.45) is -2.16. The van der Waals surface area contributed by atoms with Gasteiger partial charge in [0.15, 0.2) is 5.92 Å². The van der Waals surface area contributed by atoms with Crippen LogP contribution in [0.2, 0.25) is 0 Å². The average Bonchev–Trinajstić information content (AvgIpc) is 3.41. The quantitative estimate of drug-likeness (QED) is 0.464. The van der Waals surface area contributed by atoms with E-state index in [-0.39, 0.29) is 12.5 Å². The van der Waals surface area contributed by atoms with Gasteiger partial charge in [-0.05, 0) is 35.2 Å². The molecule has 2 aromatic rings. The maximum absolute atomic E-state index is 13.7. The number of nitrogens with zero attached hydrogens (tertiary/aromatic N) is 5. The second-order valence-corrected chi connectivity index (χ2v) is 10.5. The molecule has 0 aliphatic carbocycles. The smallest absolute Gasteiger partial charge is 0.377 e. The van der Waals surface area contributed by atoms with Crippen molar-refractivity contribution in [1.29, 1.82) is 5.26 Å². The average molecular weight is 572 g/mol. The van der Waals surface area contributed by atoms with Gasteiger partial charge < -0.3 is 14.5 Å². The van der Waals surface area contributed by atoms with Crippen LogP contribution in [0.4, 0.5) is 19.0 Å². The first kappa shape index (κ1) is 28.8. The first-order chi connectivity index (χ1) is 19.7. The van der Waals surface area contributed by atoms with E-state index in [0.717, 1.165) is 22.5 Å². The lowest BCUT2D eigenvalue weighted by molar-refractivity contribution is -0.201. The minimum Gasteiger partial charge on any atom is -0.377 e. The number of nitrogens with one attached hydrogen (secondary N) is 2. The van der Waals surface area contributed by atoms with Crippen LogP contribution in [0, 0.1) is 17.2 Å². The van der Waals surface area contributed by atoms with Gasteiger partial charge in [-0.25, -0.2) is 10.4 Å². The molecular weight excluding hydrogens is 539 g/mol. The van der Waals surface area contributed by atoms with Gasteiger partial charge in [0.05, 0.1) is 12.2 Å². The molecule has 0 bridgehead atoms. The van der Waals surface area contributed by atoms with Crippen molar-refractivity contribution in [3.05, 3.63) is 58.8 Å². The lowest BCUT2D eigenvalue weighted by Crippen LogP contribution is -2.63. The molecule has 0 radical (unpaired) electrons. The van der Waals surface area contributed by atoms with Crippen LogP contribution in [0.3, 0.4) is 0 Å². The molecule has 0 spiro atoms. The van der Waals surface area contributed by atoms with Crippen LogP contribution in [-0.4, -0.2) is 78.1 Å². The number of amides is 2. The number of benzene rings is 1. The number of hydrogen-bond donors (Lipinski definition) is 2. The Kier molecular flexibility index (Phi) is 8.72. The first-order valence-corrected chi connectivity index (χ1v) is 13.6. The molecule has 2 saturated heterocycles. The van der Waals surface area contributed by atoms with Gasteiger partial charge >= 0.3 is 6.18 Å². The number of hydrogen-bond acceptors (Lipinski definition) is 8. The number of pyridine rings is 1. The number of carbonyl (C=O) groups is 2. The van der Waals surface area contributed by atoms with Crippen molar-refractivity contribution >= 4 is 17.6 Å². The summed E-state index contributed by atoms with van der Waals surface area (Å²) in [6, 6.07) is 10.3. The molecule has 3 aliphatic rings. The summed E-state index contributed by atoms with van der Waals surface area (Å²) in [5.41, 5.74) is 7.98. The van der Waals surface area contributed by atoms with Gasteiger partial charge in [0, 0.05) is 71.1 Å². The van der Waals surface area contributed by atoms with Crippen LogP contribution in [0.15, 0.2) is 36.5 Å². The molecule has 218 valence electrons. The van der Waals surface area contributed by atoms with Crippen LogP contribution < -0.4 is 15.8 Å². The van der Waals surface area contributed by atoms with Gasteiger partial charge in [-0.2, -0.15) is 18.4 Å². The summed E-state index contributed by atoms with van der Waals surface area (Å²) >= 11 is 0. The maximum Gasteiger partial charge on any atom is 0.402 e. The van der Waals surface area contributed by atoms with Crippen molar-refractivity contribution in [3.8, 4) is 6.07 Å². The Hall–Kier alpha value is -3.73.